The molecule has 136 valence electrons. The van der Waals surface area contributed by atoms with E-state index in [-0.39, 0.29) is 0 Å². The van der Waals surface area contributed by atoms with Crippen LogP contribution in [0.25, 0.3) is 22.3 Å². The Morgan fingerprint density at radius 1 is 1.26 bits per heavy atom. The van der Waals surface area contributed by atoms with Gasteiger partial charge in [0.15, 0.2) is 5.65 Å². The molecule has 0 saturated heterocycles. The maximum atomic E-state index is 6.11. The number of nitrogens with one attached hydrogen (secondary N) is 1. The van der Waals surface area contributed by atoms with Gasteiger partial charge in [-0.25, -0.2) is 14.6 Å². The molecule has 3 aromatic heterocycles. The first-order valence-corrected chi connectivity index (χ1v) is 9.18. The highest BCUT2D eigenvalue weighted by Crippen LogP contribution is 2.30. The fraction of sp³-hybridized carbons (Fsp3) is 0.111. The van der Waals surface area contributed by atoms with Crippen LogP contribution in [0.3, 0.4) is 0 Å². The third-order valence-electron chi connectivity index (χ3n) is 4.09. The second kappa shape index (κ2) is 7.50. The monoisotopic (exact) mass is 378 g/mol. The van der Waals surface area contributed by atoms with Crippen LogP contribution in [0.15, 0.2) is 61.0 Å². The Morgan fingerprint density at radius 2 is 2.11 bits per heavy atom. The van der Waals surface area contributed by atoms with Crippen molar-refractivity contribution in [2.75, 3.05) is 16.6 Å². The molecule has 3 heterocycles. The summed E-state index contributed by atoms with van der Waals surface area (Å²) in [4.78, 5) is 8.52. The molecule has 9 heteroatoms. The number of H-pyrrole nitrogens is 1. The van der Waals surface area contributed by atoms with Crippen molar-refractivity contribution in [3.63, 3.8) is 0 Å². The minimum absolute atomic E-state index is 0.405. The predicted octanol–water partition coefficient (Wildman–Crippen LogP) is 3.10. The zero-order valence-electron chi connectivity index (χ0n) is 14.5. The lowest BCUT2D eigenvalue weighted by Crippen LogP contribution is -2.20. The quantitative estimate of drug-likeness (QED) is 0.476. The molecule has 3 N–H and O–H groups in total. The first kappa shape index (κ1) is 17.1. The maximum Gasteiger partial charge on any atom is 0.164 e. The Balaban J connectivity index is 1.68. The Labute approximate surface area is 160 Å². The Morgan fingerprint density at radius 3 is 2.85 bits per heavy atom. The maximum absolute atomic E-state index is 6.11. The van der Waals surface area contributed by atoms with Gasteiger partial charge in [0, 0.05) is 24.0 Å². The van der Waals surface area contributed by atoms with Crippen LogP contribution < -0.4 is 10.0 Å². The number of para-hydroxylation sites is 1. The summed E-state index contributed by atoms with van der Waals surface area (Å²) < 4.78 is 4.01. The number of aromatic amines is 1. The lowest BCUT2D eigenvalue weighted by Gasteiger charge is -2.21. The van der Waals surface area contributed by atoms with Crippen LogP contribution in [0.4, 0.5) is 11.5 Å². The number of nitrogens with zero attached hydrogens (tertiary/aromatic N) is 6. The lowest BCUT2D eigenvalue weighted by atomic mass is 10.2. The van der Waals surface area contributed by atoms with E-state index in [0.717, 1.165) is 22.3 Å². The highest BCUT2D eigenvalue weighted by Gasteiger charge is 2.18. The topological polar surface area (TPSA) is 102 Å². The highest BCUT2D eigenvalue weighted by atomic mass is 32.2. The van der Waals surface area contributed by atoms with Gasteiger partial charge in [-0.3, -0.25) is 5.10 Å². The summed E-state index contributed by atoms with van der Waals surface area (Å²) in [5.41, 5.74) is 9.48. The molecular formula is C18H18N8S. The van der Waals surface area contributed by atoms with Gasteiger partial charge in [-0.05, 0) is 29.5 Å². The lowest BCUT2D eigenvalue weighted by molar-refractivity contribution is 0.644. The van der Waals surface area contributed by atoms with Crippen LogP contribution in [0.1, 0.15) is 0 Å². The molecule has 0 amide bonds. The van der Waals surface area contributed by atoms with Gasteiger partial charge in [0.2, 0.25) is 0 Å². The Kier molecular flexibility index (Phi) is 4.75. The number of hydrogen-bond acceptors (Lipinski definition) is 7. The summed E-state index contributed by atoms with van der Waals surface area (Å²) >= 11 is 1.55. The van der Waals surface area contributed by atoms with E-state index < -0.39 is 0 Å². The zero-order valence-corrected chi connectivity index (χ0v) is 15.3. The second-order valence-electron chi connectivity index (χ2n) is 5.73. The van der Waals surface area contributed by atoms with Crippen molar-refractivity contribution in [1.82, 2.24) is 29.9 Å². The average Bonchev–Trinajstić information content (AvgIpc) is 3.34. The number of anilines is 2. The van der Waals surface area contributed by atoms with Crippen LogP contribution in [-0.2, 0) is 6.54 Å². The number of benzene rings is 1. The molecule has 1 aromatic carbocycles. The van der Waals surface area contributed by atoms with Crippen LogP contribution in [0.2, 0.25) is 0 Å². The molecule has 27 heavy (non-hydrogen) atoms. The van der Waals surface area contributed by atoms with Gasteiger partial charge in [-0.1, -0.05) is 24.8 Å². The summed E-state index contributed by atoms with van der Waals surface area (Å²) in [5, 5.41) is 14.1. The van der Waals surface area contributed by atoms with E-state index in [2.05, 4.69) is 43.2 Å². The molecule has 0 saturated carbocycles. The summed E-state index contributed by atoms with van der Waals surface area (Å²) in [6.45, 7) is 5.17. The van der Waals surface area contributed by atoms with Crippen LogP contribution in [-0.4, -0.2) is 36.5 Å². The van der Waals surface area contributed by atoms with Gasteiger partial charge in [0.25, 0.3) is 0 Å². The minimum Gasteiger partial charge on any atom is -0.383 e. The number of nitrogens with two attached hydrogens (primary N) is 1. The molecule has 8 nitrogen and oxygen atoms in total. The minimum atomic E-state index is 0.405. The van der Waals surface area contributed by atoms with Gasteiger partial charge in [-0.15, -0.1) is 0 Å². The SMILES string of the molecule is C=CSN(CCn1nc(-c2cn[nH]c2)c2c(N)ncnc21)c1ccccc1. The van der Waals surface area contributed by atoms with Crippen molar-refractivity contribution in [3.05, 3.63) is 61.0 Å². The molecule has 0 atom stereocenters. The molecule has 0 unspecified atom stereocenters. The van der Waals surface area contributed by atoms with E-state index in [0.29, 0.717) is 24.6 Å². The second-order valence-corrected chi connectivity index (χ2v) is 6.71. The highest BCUT2D eigenvalue weighted by molar-refractivity contribution is 8.03. The molecule has 0 spiro atoms. The zero-order chi connectivity index (χ0) is 18.6. The van der Waals surface area contributed by atoms with E-state index in [1.165, 1.54) is 6.33 Å². The molecule has 4 aromatic rings. The van der Waals surface area contributed by atoms with Crippen molar-refractivity contribution in [2.24, 2.45) is 0 Å². The number of hydrogen-bond donors (Lipinski definition) is 2. The molecule has 4 rings (SSSR count). The largest absolute Gasteiger partial charge is 0.383 e. The van der Waals surface area contributed by atoms with E-state index in [1.54, 1.807) is 24.3 Å². The smallest absolute Gasteiger partial charge is 0.164 e. The van der Waals surface area contributed by atoms with Gasteiger partial charge >= 0.3 is 0 Å². The van der Waals surface area contributed by atoms with Crippen molar-refractivity contribution < 1.29 is 0 Å². The van der Waals surface area contributed by atoms with Crippen molar-refractivity contribution in [2.45, 2.75) is 6.54 Å². The Bertz CT molecular complexity index is 1040. The number of rotatable bonds is 7. The summed E-state index contributed by atoms with van der Waals surface area (Å²) in [7, 11) is 0. The van der Waals surface area contributed by atoms with E-state index >= 15 is 0 Å². The predicted molar refractivity (Wildman–Crippen MR) is 109 cm³/mol. The van der Waals surface area contributed by atoms with E-state index in [4.69, 9.17) is 10.8 Å². The van der Waals surface area contributed by atoms with Crippen LogP contribution in [0.5, 0.6) is 0 Å². The number of fused-ring (bicyclic) bond motifs is 1. The molecule has 0 aliphatic rings. The molecular weight excluding hydrogens is 360 g/mol. The molecule has 0 radical (unpaired) electrons. The third kappa shape index (κ3) is 3.36. The number of aromatic nitrogens is 6. The first-order chi connectivity index (χ1) is 13.3. The van der Waals surface area contributed by atoms with Gasteiger partial charge < -0.3 is 10.0 Å². The molecule has 0 bridgehead atoms. The Hall–Kier alpha value is -3.33. The van der Waals surface area contributed by atoms with E-state index in [9.17, 15) is 0 Å². The van der Waals surface area contributed by atoms with Gasteiger partial charge in [-0.2, -0.15) is 10.2 Å². The van der Waals surface area contributed by atoms with Crippen molar-refractivity contribution in [1.29, 1.82) is 0 Å². The van der Waals surface area contributed by atoms with Crippen LogP contribution in [0, 0.1) is 0 Å². The van der Waals surface area contributed by atoms with Crippen LogP contribution >= 0.6 is 11.9 Å². The van der Waals surface area contributed by atoms with E-state index in [1.807, 2.05) is 28.3 Å². The number of nitrogen functional groups attached to an aromatic ring is 1. The summed E-state index contributed by atoms with van der Waals surface area (Å²) in [6, 6.07) is 10.2. The standard InChI is InChI=1S/C18H18N8S/c1-2-27-26(14-6-4-3-5-7-14)9-8-25-18-15(17(19)20-12-21-18)16(24-25)13-10-22-23-11-13/h2-7,10-12H,1,8-9H2,(H,22,23)(H2,19,20,21). The molecule has 0 aliphatic heterocycles. The summed E-state index contributed by atoms with van der Waals surface area (Å²) in [6.07, 6.45) is 4.95. The third-order valence-corrected chi connectivity index (χ3v) is 4.89. The average molecular weight is 378 g/mol. The molecule has 0 fully saturated rings. The fourth-order valence-corrected chi connectivity index (χ4v) is 3.49. The fourth-order valence-electron chi connectivity index (χ4n) is 2.88. The van der Waals surface area contributed by atoms with Gasteiger partial charge in [0.05, 0.1) is 18.1 Å². The summed E-state index contributed by atoms with van der Waals surface area (Å²) in [5.74, 6) is 0.405. The van der Waals surface area contributed by atoms with Crippen molar-refractivity contribution in [3.8, 4) is 11.3 Å². The first-order valence-electron chi connectivity index (χ1n) is 8.34. The van der Waals surface area contributed by atoms with Gasteiger partial charge in [0.1, 0.15) is 17.8 Å². The normalized spacial score (nSPS) is 11.0. The molecule has 0 aliphatic carbocycles. The van der Waals surface area contributed by atoms with Crippen molar-refractivity contribution >= 4 is 34.5 Å².